The van der Waals surface area contributed by atoms with E-state index in [9.17, 15) is 4.79 Å². The second-order valence-corrected chi connectivity index (χ2v) is 5.60. The third kappa shape index (κ3) is 2.52. The molecule has 1 aromatic carbocycles. The molecule has 20 heavy (non-hydrogen) atoms. The average Bonchev–Trinajstić information content (AvgIpc) is 2.91. The topological polar surface area (TPSA) is 35.6 Å². The van der Waals surface area contributed by atoms with Crippen molar-refractivity contribution < 1.29 is 4.79 Å². The zero-order chi connectivity index (χ0) is 13.9. The lowest BCUT2D eigenvalue weighted by Crippen LogP contribution is -2.43. The molecule has 0 bridgehead atoms. The van der Waals surface area contributed by atoms with Gasteiger partial charge in [-0.05, 0) is 36.6 Å². The minimum Gasteiger partial charge on any atom is -0.369 e. The van der Waals surface area contributed by atoms with Crippen molar-refractivity contribution in [2.75, 3.05) is 42.5 Å². The van der Waals surface area contributed by atoms with Gasteiger partial charge in [-0.25, -0.2) is 0 Å². The van der Waals surface area contributed by atoms with E-state index in [1.165, 1.54) is 11.3 Å². The maximum absolute atomic E-state index is 12.1. The molecule has 0 radical (unpaired) electrons. The van der Waals surface area contributed by atoms with Crippen LogP contribution in [0, 0.1) is 0 Å². The van der Waals surface area contributed by atoms with Gasteiger partial charge in [-0.3, -0.25) is 4.79 Å². The van der Waals surface area contributed by atoms with Gasteiger partial charge in [-0.15, -0.1) is 0 Å². The van der Waals surface area contributed by atoms with Crippen LogP contribution in [-0.4, -0.2) is 38.6 Å². The molecule has 1 fully saturated rings. The van der Waals surface area contributed by atoms with E-state index in [4.69, 9.17) is 0 Å². The first-order valence-electron chi connectivity index (χ1n) is 7.68. The fourth-order valence-electron chi connectivity index (χ4n) is 3.12. The summed E-state index contributed by atoms with van der Waals surface area (Å²) in [6.45, 7) is 7.15. The van der Waals surface area contributed by atoms with Gasteiger partial charge in [0.05, 0.1) is 0 Å². The number of anilines is 2. The summed E-state index contributed by atoms with van der Waals surface area (Å²) >= 11 is 0. The van der Waals surface area contributed by atoms with Crippen molar-refractivity contribution in [2.24, 2.45) is 0 Å². The molecule has 2 heterocycles. The third-order valence-corrected chi connectivity index (χ3v) is 4.21. The van der Waals surface area contributed by atoms with Crippen LogP contribution in [0.2, 0.25) is 0 Å². The normalized spacial score (nSPS) is 18.2. The Morgan fingerprint density at radius 2 is 2.05 bits per heavy atom. The number of rotatable bonds is 3. The second kappa shape index (κ2) is 5.83. The van der Waals surface area contributed by atoms with E-state index in [0.29, 0.717) is 6.42 Å². The van der Waals surface area contributed by atoms with Crippen LogP contribution in [0.4, 0.5) is 11.4 Å². The first-order valence-corrected chi connectivity index (χ1v) is 7.68. The highest BCUT2D eigenvalue weighted by atomic mass is 16.2. The van der Waals surface area contributed by atoms with Gasteiger partial charge in [0.25, 0.3) is 0 Å². The zero-order valence-corrected chi connectivity index (χ0v) is 12.2. The summed E-state index contributed by atoms with van der Waals surface area (Å²) < 4.78 is 0. The number of nitrogens with one attached hydrogen (secondary N) is 1. The molecular formula is C16H23N3O. The second-order valence-electron chi connectivity index (χ2n) is 5.60. The largest absolute Gasteiger partial charge is 0.369 e. The summed E-state index contributed by atoms with van der Waals surface area (Å²) in [7, 11) is 0. The Bertz CT molecular complexity index is 494. The molecule has 108 valence electrons. The molecule has 1 N–H and O–H groups in total. The van der Waals surface area contributed by atoms with E-state index in [1.807, 2.05) is 4.90 Å². The van der Waals surface area contributed by atoms with Crippen LogP contribution in [0.3, 0.4) is 0 Å². The average molecular weight is 273 g/mol. The highest BCUT2D eigenvalue weighted by molar-refractivity contribution is 5.95. The van der Waals surface area contributed by atoms with Crippen LogP contribution in [0.15, 0.2) is 18.2 Å². The zero-order valence-electron chi connectivity index (χ0n) is 12.2. The van der Waals surface area contributed by atoms with E-state index in [1.54, 1.807) is 0 Å². The van der Waals surface area contributed by atoms with E-state index in [-0.39, 0.29) is 5.91 Å². The standard InChI is InChI=1S/C16H23N3O/c1-2-3-16(20)19-9-6-13-12-14(4-5-15(13)19)18-10-7-17-8-11-18/h4-5,12,17H,2-3,6-11H2,1H3. The maximum atomic E-state index is 12.1. The molecule has 0 unspecified atom stereocenters. The van der Waals surface area contributed by atoms with Gasteiger partial charge < -0.3 is 15.1 Å². The lowest BCUT2D eigenvalue weighted by Gasteiger charge is -2.30. The first kappa shape index (κ1) is 13.4. The summed E-state index contributed by atoms with van der Waals surface area (Å²) in [6, 6.07) is 6.58. The monoisotopic (exact) mass is 273 g/mol. The molecule has 0 aliphatic carbocycles. The number of hydrogen-bond acceptors (Lipinski definition) is 3. The number of amides is 1. The molecular weight excluding hydrogens is 250 g/mol. The van der Waals surface area contributed by atoms with Gasteiger partial charge >= 0.3 is 0 Å². The molecule has 2 aliphatic rings. The maximum Gasteiger partial charge on any atom is 0.226 e. The molecule has 0 saturated carbocycles. The summed E-state index contributed by atoms with van der Waals surface area (Å²) in [6.07, 6.45) is 2.56. The van der Waals surface area contributed by atoms with Crippen LogP contribution < -0.4 is 15.1 Å². The number of nitrogens with zero attached hydrogens (tertiary/aromatic N) is 2. The molecule has 1 amide bonds. The SMILES string of the molecule is CCCC(=O)N1CCc2cc(N3CCNCC3)ccc21. The Balaban J connectivity index is 1.79. The van der Waals surface area contributed by atoms with Gasteiger partial charge in [-0.2, -0.15) is 0 Å². The molecule has 1 aromatic rings. The summed E-state index contributed by atoms with van der Waals surface area (Å²) in [5, 5.41) is 3.38. The van der Waals surface area contributed by atoms with Crippen molar-refractivity contribution in [1.29, 1.82) is 0 Å². The smallest absolute Gasteiger partial charge is 0.226 e. The van der Waals surface area contributed by atoms with Gasteiger partial charge in [0.15, 0.2) is 0 Å². The Kier molecular flexibility index (Phi) is 3.92. The quantitative estimate of drug-likeness (QED) is 0.912. The molecule has 2 aliphatic heterocycles. The lowest BCUT2D eigenvalue weighted by molar-refractivity contribution is -0.118. The summed E-state index contributed by atoms with van der Waals surface area (Å²) in [5.41, 5.74) is 3.75. The number of hydrogen-bond donors (Lipinski definition) is 1. The van der Waals surface area contributed by atoms with Crippen molar-refractivity contribution in [1.82, 2.24) is 5.32 Å². The highest BCUT2D eigenvalue weighted by Gasteiger charge is 2.24. The van der Waals surface area contributed by atoms with E-state index in [0.717, 1.165) is 51.3 Å². The Hall–Kier alpha value is -1.55. The van der Waals surface area contributed by atoms with Gasteiger partial charge in [0.1, 0.15) is 0 Å². The molecule has 0 aromatic heterocycles. The summed E-state index contributed by atoms with van der Waals surface area (Å²) in [4.78, 5) is 16.5. The lowest BCUT2D eigenvalue weighted by atomic mass is 10.1. The fourth-order valence-corrected chi connectivity index (χ4v) is 3.12. The molecule has 4 heteroatoms. The number of benzene rings is 1. The van der Waals surface area contributed by atoms with Gasteiger partial charge in [0.2, 0.25) is 5.91 Å². The van der Waals surface area contributed by atoms with Crippen LogP contribution >= 0.6 is 0 Å². The predicted octanol–water partition coefficient (Wildman–Crippen LogP) is 1.79. The Morgan fingerprint density at radius 3 is 2.80 bits per heavy atom. The van der Waals surface area contributed by atoms with Crippen LogP contribution in [0.1, 0.15) is 25.3 Å². The minimum absolute atomic E-state index is 0.265. The van der Waals surface area contributed by atoms with Gasteiger partial charge in [0, 0.05) is 50.5 Å². The number of piperazine rings is 1. The van der Waals surface area contributed by atoms with Gasteiger partial charge in [-0.1, -0.05) is 6.92 Å². The molecule has 3 rings (SSSR count). The van der Waals surface area contributed by atoms with E-state index < -0.39 is 0 Å². The molecule has 0 atom stereocenters. The van der Waals surface area contributed by atoms with Crippen molar-refractivity contribution in [2.45, 2.75) is 26.2 Å². The van der Waals surface area contributed by atoms with Crippen LogP contribution in [0.25, 0.3) is 0 Å². The van der Waals surface area contributed by atoms with E-state index in [2.05, 4.69) is 35.3 Å². The molecule has 1 saturated heterocycles. The van der Waals surface area contributed by atoms with E-state index >= 15 is 0 Å². The summed E-state index contributed by atoms with van der Waals surface area (Å²) in [5.74, 6) is 0.265. The van der Waals surface area contributed by atoms with Crippen molar-refractivity contribution >= 4 is 17.3 Å². The number of carbonyl (C=O) groups is 1. The Morgan fingerprint density at radius 1 is 1.25 bits per heavy atom. The number of fused-ring (bicyclic) bond motifs is 1. The molecule has 0 spiro atoms. The molecule has 4 nitrogen and oxygen atoms in total. The highest BCUT2D eigenvalue weighted by Crippen LogP contribution is 2.32. The van der Waals surface area contributed by atoms with Crippen molar-refractivity contribution in [3.05, 3.63) is 23.8 Å². The Labute approximate surface area is 120 Å². The van der Waals surface area contributed by atoms with Crippen LogP contribution in [0.5, 0.6) is 0 Å². The third-order valence-electron chi connectivity index (χ3n) is 4.21. The van der Waals surface area contributed by atoms with Crippen molar-refractivity contribution in [3.8, 4) is 0 Å². The number of carbonyl (C=O) groups excluding carboxylic acids is 1. The fraction of sp³-hybridized carbons (Fsp3) is 0.562. The minimum atomic E-state index is 0.265. The first-order chi connectivity index (χ1) is 9.79. The van der Waals surface area contributed by atoms with Crippen LogP contribution in [-0.2, 0) is 11.2 Å². The van der Waals surface area contributed by atoms with Crippen molar-refractivity contribution in [3.63, 3.8) is 0 Å². The predicted molar refractivity (Wildman–Crippen MR) is 82.5 cm³/mol.